The molecule has 0 saturated heterocycles. The fraction of sp³-hybridized carbons (Fsp3) is 0.125. The summed E-state index contributed by atoms with van der Waals surface area (Å²) in [4.78, 5) is 16.1. The van der Waals surface area contributed by atoms with Crippen LogP contribution in [0.25, 0.3) is 5.82 Å². The zero-order valence-corrected chi connectivity index (χ0v) is 12.5. The highest BCUT2D eigenvalue weighted by Crippen LogP contribution is 2.32. The number of carbonyl (C=O) groups excluding carboxylic acids is 1. The van der Waals surface area contributed by atoms with Gasteiger partial charge in [-0.25, -0.2) is 4.98 Å². The first-order chi connectivity index (χ1) is 11.8. The summed E-state index contributed by atoms with van der Waals surface area (Å²) in [5, 5.41) is 10.8. The number of carbonyl (C=O) groups is 1. The zero-order valence-electron chi connectivity index (χ0n) is 12.5. The number of amides is 1. The summed E-state index contributed by atoms with van der Waals surface area (Å²) in [6.45, 7) is 0.588. The summed E-state index contributed by atoms with van der Waals surface area (Å²) in [7, 11) is 0. The second-order valence-corrected chi connectivity index (χ2v) is 5.12. The fourth-order valence-electron chi connectivity index (χ4n) is 2.30. The molecular formula is C16H13N5O3. The minimum Gasteiger partial charge on any atom is -0.454 e. The number of hydrogen-bond donors (Lipinski definition) is 1. The molecule has 2 aromatic heterocycles. The molecule has 24 heavy (non-hydrogen) atoms. The predicted octanol–water partition coefficient (Wildman–Crippen LogP) is 1.32. The number of benzene rings is 1. The molecule has 0 unspecified atom stereocenters. The normalized spacial score (nSPS) is 12.2. The molecule has 1 amide bonds. The first-order valence-electron chi connectivity index (χ1n) is 7.28. The molecule has 3 aromatic rings. The maximum atomic E-state index is 12.2. The molecule has 0 radical (unpaired) electrons. The van der Waals surface area contributed by atoms with Crippen LogP contribution in [0.15, 0.2) is 49.1 Å². The van der Waals surface area contributed by atoms with Gasteiger partial charge in [-0.2, -0.15) is 0 Å². The van der Waals surface area contributed by atoms with Gasteiger partial charge in [0, 0.05) is 18.9 Å². The van der Waals surface area contributed by atoms with Crippen molar-refractivity contribution in [2.45, 2.75) is 6.54 Å². The van der Waals surface area contributed by atoms with Crippen molar-refractivity contribution in [1.29, 1.82) is 0 Å². The Bertz CT molecular complexity index is 862. The highest BCUT2D eigenvalue weighted by molar-refractivity contribution is 5.92. The first-order valence-corrected chi connectivity index (χ1v) is 7.28. The lowest BCUT2D eigenvalue weighted by Crippen LogP contribution is -2.24. The molecule has 0 aliphatic carbocycles. The van der Waals surface area contributed by atoms with Gasteiger partial charge >= 0.3 is 0 Å². The lowest BCUT2D eigenvalue weighted by atomic mass is 10.2. The minimum absolute atomic E-state index is 0.226. The smallest absolute Gasteiger partial charge is 0.272 e. The maximum Gasteiger partial charge on any atom is 0.272 e. The molecule has 4 rings (SSSR count). The number of aromatic nitrogens is 4. The molecule has 0 fully saturated rings. The van der Waals surface area contributed by atoms with Crippen molar-refractivity contribution in [2.75, 3.05) is 6.79 Å². The average Bonchev–Trinajstić information content (AvgIpc) is 3.31. The van der Waals surface area contributed by atoms with Gasteiger partial charge in [0.15, 0.2) is 23.0 Å². The number of nitrogens with one attached hydrogen (secondary N) is 1. The second-order valence-electron chi connectivity index (χ2n) is 5.12. The van der Waals surface area contributed by atoms with Crippen molar-refractivity contribution < 1.29 is 14.3 Å². The van der Waals surface area contributed by atoms with Crippen molar-refractivity contribution in [3.63, 3.8) is 0 Å². The average molecular weight is 323 g/mol. The van der Waals surface area contributed by atoms with Gasteiger partial charge in [0.05, 0.1) is 0 Å². The van der Waals surface area contributed by atoms with Gasteiger partial charge in [0.1, 0.15) is 6.33 Å². The van der Waals surface area contributed by atoms with Crippen LogP contribution in [0.5, 0.6) is 11.5 Å². The van der Waals surface area contributed by atoms with E-state index in [4.69, 9.17) is 9.47 Å². The number of imidazole rings is 1. The molecular weight excluding hydrogens is 310 g/mol. The van der Waals surface area contributed by atoms with Gasteiger partial charge in [-0.3, -0.25) is 9.36 Å². The number of fused-ring (bicyclic) bond motifs is 1. The number of nitrogens with zero attached hydrogens (tertiary/aromatic N) is 4. The molecule has 1 aliphatic rings. The lowest BCUT2D eigenvalue weighted by Gasteiger charge is -2.06. The molecule has 3 heterocycles. The predicted molar refractivity (Wildman–Crippen MR) is 82.9 cm³/mol. The van der Waals surface area contributed by atoms with Gasteiger partial charge in [0.25, 0.3) is 5.91 Å². The zero-order chi connectivity index (χ0) is 16.4. The third-order valence-corrected chi connectivity index (χ3v) is 3.54. The summed E-state index contributed by atoms with van der Waals surface area (Å²) in [6, 6.07) is 8.88. The molecule has 0 saturated carbocycles. The number of ether oxygens (including phenoxy) is 2. The summed E-state index contributed by atoms with van der Waals surface area (Å²) >= 11 is 0. The third kappa shape index (κ3) is 2.76. The molecule has 0 spiro atoms. The third-order valence-electron chi connectivity index (χ3n) is 3.54. The van der Waals surface area contributed by atoms with E-state index in [2.05, 4.69) is 20.5 Å². The van der Waals surface area contributed by atoms with Crippen LogP contribution in [0.2, 0.25) is 0 Å². The van der Waals surface area contributed by atoms with E-state index in [0.29, 0.717) is 23.9 Å². The Balaban J connectivity index is 1.41. The molecule has 1 aromatic carbocycles. The van der Waals surface area contributed by atoms with Crippen LogP contribution in [-0.2, 0) is 6.54 Å². The molecule has 8 heteroatoms. The summed E-state index contributed by atoms with van der Waals surface area (Å²) in [5.41, 5.74) is 1.16. The number of rotatable bonds is 4. The van der Waals surface area contributed by atoms with Crippen LogP contribution in [0.4, 0.5) is 0 Å². The lowest BCUT2D eigenvalue weighted by molar-refractivity contribution is 0.0945. The molecule has 1 N–H and O–H groups in total. The Hall–Kier alpha value is -3.42. The fourth-order valence-corrected chi connectivity index (χ4v) is 2.30. The Morgan fingerprint density at radius 3 is 2.88 bits per heavy atom. The quantitative estimate of drug-likeness (QED) is 0.778. The van der Waals surface area contributed by atoms with Crippen molar-refractivity contribution in [2.24, 2.45) is 0 Å². The van der Waals surface area contributed by atoms with Crippen LogP contribution < -0.4 is 14.8 Å². The van der Waals surface area contributed by atoms with Gasteiger partial charge in [-0.1, -0.05) is 6.07 Å². The van der Waals surface area contributed by atoms with Crippen molar-refractivity contribution in [1.82, 2.24) is 25.1 Å². The van der Waals surface area contributed by atoms with Crippen LogP contribution >= 0.6 is 0 Å². The van der Waals surface area contributed by atoms with Gasteiger partial charge < -0.3 is 14.8 Å². The van der Waals surface area contributed by atoms with E-state index in [-0.39, 0.29) is 18.4 Å². The summed E-state index contributed by atoms with van der Waals surface area (Å²) in [5.74, 6) is 1.70. The van der Waals surface area contributed by atoms with Crippen LogP contribution in [-0.4, -0.2) is 32.4 Å². The van der Waals surface area contributed by atoms with E-state index in [9.17, 15) is 4.79 Å². The van der Waals surface area contributed by atoms with E-state index in [0.717, 1.165) is 5.56 Å². The second kappa shape index (κ2) is 5.99. The van der Waals surface area contributed by atoms with E-state index < -0.39 is 0 Å². The van der Waals surface area contributed by atoms with Crippen LogP contribution in [0.3, 0.4) is 0 Å². The molecule has 1 aliphatic heterocycles. The minimum atomic E-state index is -0.294. The monoisotopic (exact) mass is 323 g/mol. The Labute approximate surface area is 137 Å². The Kier molecular flexibility index (Phi) is 3.54. The standard InChI is InChI=1S/C16H13N5O3/c22-16(12-2-4-15(20-19-12)21-6-5-17-9-21)18-8-11-1-3-13-14(7-11)24-10-23-13/h1-7,9H,8,10H2,(H,18,22). The SMILES string of the molecule is O=C(NCc1ccc2c(c1)OCO2)c1ccc(-n2ccnc2)nn1. The van der Waals surface area contributed by atoms with Gasteiger partial charge in [-0.05, 0) is 29.8 Å². The summed E-state index contributed by atoms with van der Waals surface area (Å²) < 4.78 is 12.3. The Morgan fingerprint density at radius 2 is 2.08 bits per heavy atom. The molecule has 8 nitrogen and oxygen atoms in total. The Morgan fingerprint density at radius 1 is 1.17 bits per heavy atom. The highest BCUT2D eigenvalue weighted by atomic mass is 16.7. The summed E-state index contributed by atoms with van der Waals surface area (Å²) in [6.07, 6.45) is 5.01. The topological polar surface area (TPSA) is 91.2 Å². The van der Waals surface area contributed by atoms with E-state index in [1.807, 2.05) is 18.2 Å². The van der Waals surface area contributed by atoms with E-state index in [1.54, 1.807) is 35.4 Å². The van der Waals surface area contributed by atoms with Gasteiger partial charge in [0.2, 0.25) is 6.79 Å². The molecule has 0 atom stereocenters. The van der Waals surface area contributed by atoms with Crippen LogP contribution in [0.1, 0.15) is 16.1 Å². The first kappa shape index (κ1) is 14.2. The van der Waals surface area contributed by atoms with Crippen molar-refractivity contribution in [3.05, 3.63) is 60.3 Å². The maximum absolute atomic E-state index is 12.2. The highest BCUT2D eigenvalue weighted by Gasteiger charge is 2.14. The van der Waals surface area contributed by atoms with Crippen molar-refractivity contribution >= 4 is 5.91 Å². The van der Waals surface area contributed by atoms with E-state index in [1.165, 1.54) is 0 Å². The molecule has 0 bridgehead atoms. The largest absolute Gasteiger partial charge is 0.454 e. The van der Waals surface area contributed by atoms with E-state index >= 15 is 0 Å². The van der Waals surface area contributed by atoms with Crippen LogP contribution in [0, 0.1) is 0 Å². The van der Waals surface area contributed by atoms with Crippen molar-refractivity contribution in [3.8, 4) is 17.3 Å². The molecule has 120 valence electrons. The van der Waals surface area contributed by atoms with Gasteiger partial charge in [-0.15, -0.1) is 10.2 Å². The number of hydrogen-bond acceptors (Lipinski definition) is 6.